The Morgan fingerprint density at radius 1 is 1.06 bits per heavy atom. The third kappa shape index (κ3) is 3.31. The predicted octanol–water partition coefficient (Wildman–Crippen LogP) is 3.61. The molecule has 0 aliphatic rings. The molecule has 0 N–H and O–H groups in total. The largest absolute Gasteiger partial charge is 0.497 e. The van der Waals surface area contributed by atoms with Gasteiger partial charge in [-0.25, -0.2) is 9.37 Å². The molecule has 0 unspecified atom stereocenters. The van der Waals surface area contributed by atoms with E-state index in [9.17, 15) is 9.18 Å². The van der Waals surface area contributed by atoms with Crippen LogP contribution in [0.15, 0.2) is 65.6 Å². The maximum atomic E-state index is 13.6. The second-order valence-corrected chi connectivity index (χ2v) is 7.20. The van der Waals surface area contributed by atoms with Crippen molar-refractivity contribution in [3.05, 3.63) is 88.4 Å². The summed E-state index contributed by atoms with van der Waals surface area (Å²) in [4.78, 5) is 22.5. The fraction of sp³-hybridized carbons (Fsp3) is 0.130. The lowest BCUT2D eigenvalue weighted by Crippen LogP contribution is -2.22. The lowest BCUT2D eigenvalue weighted by molar-refractivity contribution is 0.415. The Morgan fingerprint density at radius 2 is 1.90 bits per heavy atom. The van der Waals surface area contributed by atoms with E-state index in [1.54, 1.807) is 42.9 Å². The van der Waals surface area contributed by atoms with Gasteiger partial charge in [0.1, 0.15) is 17.4 Å². The van der Waals surface area contributed by atoms with Gasteiger partial charge in [0.2, 0.25) is 0 Å². The van der Waals surface area contributed by atoms with Gasteiger partial charge in [-0.15, -0.1) is 5.10 Å². The van der Waals surface area contributed by atoms with Gasteiger partial charge in [-0.1, -0.05) is 24.3 Å². The van der Waals surface area contributed by atoms with Gasteiger partial charge in [-0.2, -0.15) is 9.50 Å². The molecule has 0 radical (unpaired) electrons. The molecule has 0 saturated carbocycles. The lowest BCUT2D eigenvalue weighted by atomic mass is 10.1. The number of hydrogen-bond donors (Lipinski definition) is 0. The monoisotopic (exact) mass is 415 g/mol. The van der Waals surface area contributed by atoms with Crippen LogP contribution < -0.4 is 10.3 Å². The molecule has 3 aromatic heterocycles. The number of pyridine rings is 1. The van der Waals surface area contributed by atoms with Crippen LogP contribution in [0.25, 0.3) is 27.9 Å². The summed E-state index contributed by atoms with van der Waals surface area (Å²) in [5, 5.41) is 4.87. The second kappa shape index (κ2) is 7.32. The van der Waals surface area contributed by atoms with Crippen molar-refractivity contribution in [2.75, 3.05) is 7.11 Å². The summed E-state index contributed by atoms with van der Waals surface area (Å²) in [6, 6.07) is 15.4. The predicted molar refractivity (Wildman–Crippen MR) is 115 cm³/mol. The molecule has 3 heterocycles. The number of hydrogen-bond acceptors (Lipinski definition) is 5. The van der Waals surface area contributed by atoms with Crippen LogP contribution in [-0.2, 0) is 6.54 Å². The quantitative estimate of drug-likeness (QED) is 0.448. The SMILES string of the molecule is COc1cccc(-c2c3c(=O)n(Cc4cccc(F)c4)ccc3nc3nc(C)nn23)c1. The molecule has 0 aliphatic heterocycles. The van der Waals surface area contributed by atoms with Gasteiger partial charge >= 0.3 is 0 Å². The van der Waals surface area contributed by atoms with Crippen LogP contribution in [0.3, 0.4) is 0 Å². The average molecular weight is 415 g/mol. The molecule has 0 amide bonds. The summed E-state index contributed by atoms with van der Waals surface area (Å²) in [6.45, 7) is 2.01. The zero-order chi connectivity index (χ0) is 21.5. The number of benzene rings is 2. The van der Waals surface area contributed by atoms with Gasteiger partial charge in [-0.3, -0.25) is 4.79 Å². The molecule has 2 aromatic carbocycles. The fourth-order valence-electron chi connectivity index (χ4n) is 3.71. The van der Waals surface area contributed by atoms with E-state index in [-0.39, 0.29) is 17.9 Å². The fourth-order valence-corrected chi connectivity index (χ4v) is 3.71. The first-order valence-electron chi connectivity index (χ1n) is 9.69. The van der Waals surface area contributed by atoms with Crippen LogP contribution in [0.1, 0.15) is 11.4 Å². The molecule has 5 aromatic rings. The smallest absolute Gasteiger partial charge is 0.262 e. The van der Waals surface area contributed by atoms with Gasteiger partial charge in [-0.05, 0) is 42.8 Å². The summed E-state index contributed by atoms with van der Waals surface area (Å²) >= 11 is 0. The Bertz CT molecular complexity index is 1510. The molecule has 0 atom stereocenters. The van der Waals surface area contributed by atoms with E-state index in [4.69, 9.17) is 4.74 Å². The molecule has 154 valence electrons. The molecule has 0 spiro atoms. The van der Waals surface area contributed by atoms with Crippen LogP contribution in [0.2, 0.25) is 0 Å². The number of ether oxygens (including phenoxy) is 1. The van der Waals surface area contributed by atoms with Crippen LogP contribution in [0.4, 0.5) is 4.39 Å². The summed E-state index contributed by atoms with van der Waals surface area (Å²) in [5.74, 6) is 1.27. The van der Waals surface area contributed by atoms with E-state index in [1.165, 1.54) is 16.7 Å². The van der Waals surface area contributed by atoms with E-state index in [2.05, 4.69) is 15.1 Å². The van der Waals surface area contributed by atoms with Crippen molar-refractivity contribution < 1.29 is 9.13 Å². The topological polar surface area (TPSA) is 74.3 Å². The molecule has 0 saturated heterocycles. The Kier molecular flexibility index (Phi) is 4.47. The third-order valence-corrected chi connectivity index (χ3v) is 5.09. The Morgan fingerprint density at radius 3 is 2.71 bits per heavy atom. The number of aryl methyl sites for hydroxylation is 1. The first kappa shape index (κ1) is 18.9. The van der Waals surface area contributed by atoms with Gasteiger partial charge < -0.3 is 9.30 Å². The zero-order valence-electron chi connectivity index (χ0n) is 16.9. The molecule has 31 heavy (non-hydrogen) atoms. The third-order valence-electron chi connectivity index (χ3n) is 5.09. The number of halogens is 1. The summed E-state index contributed by atoms with van der Waals surface area (Å²) in [6.07, 6.45) is 1.66. The highest BCUT2D eigenvalue weighted by Crippen LogP contribution is 2.28. The minimum absolute atomic E-state index is 0.235. The van der Waals surface area contributed by atoms with Crippen molar-refractivity contribution in [2.45, 2.75) is 13.5 Å². The second-order valence-electron chi connectivity index (χ2n) is 7.20. The highest BCUT2D eigenvalue weighted by molar-refractivity contribution is 5.93. The Hall–Kier alpha value is -4.07. The minimum atomic E-state index is -0.343. The summed E-state index contributed by atoms with van der Waals surface area (Å²) in [7, 11) is 1.59. The molecule has 8 heteroatoms. The van der Waals surface area contributed by atoms with Crippen LogP contribution >= 0.6 is 0 Å². The van der Waals surface area contributed by atoms with Crippen molar-refractivity contribution in [3.8, 4) is 17.0 Å². The van der Waals surface area contributed by atoms with Crippen molar-refractivity contribution in [2.24, 2.45) is 0 Å². The van der Waals surface area contributed by atoms with E-state index >= 15 is 0 Å². The van der Waals surface area contributed by atoms with Gasteiger partial charge in [0.25, 0.3) is 11.3 Å². The average Bonchev–Trinajstić information content (AvgIpc) is 3.14. The van der Waals surface area contributed by atoms with E-state index in [0.29, 0.717) is 39.5 Å². The van der Waals surface area contributed by atoms with Crippen LogP contribution in [0, 0.1) is 12.7 Å². The van der Waals surface area contributed by atoms with Gasteiger partial charge in [0, 0.05) is 11.8 Å². The van der Waals surface area contributed by atoms with Crippen LogP contribution in [-0.4, -0.2) is 31.3 Å². The maximum Gasteiger partial charge on any atom is 0.262 e. The first-order valence-corrected chi connectivity index (χ1v) is 9.69. The normalized spacial score (nSPS) is 11.3. The minimum Gasteiger partial charge on any atom is -0.497 e. The van der Waals surface area contributed by atoms with E-state index < -0.39 is 0 Å². The molecular weight excluding hydrogens is 397 g/mol. The summed E-state index contributed by atoms with van der Waals surface area (Å²) < 4.78 is 22.1. The van der Waals surface area contributed by atoms with E-state index in [0.717, 1.165) is 5.56 Å². The highest BCUT2D eigenvalue weighted by Gasteiger charge is 2.18. The zero-order valence-corrected chi connectivity index (χ0v) is 16.9. The Balaban J connectivity index is 1.81. The van der Waals surface area contributed by atoms with Gasteiger partial charge in [0.15, 0.2) is 0 Å². The standard InChI is InChI=1S/C23H18FN5O2/c1-14-25-23-26-19-9-10-28(13-15-5-3-7-17(24)11-15)22(30)20(19)21(29(23)27-14)16-6-4-8-18(12-16)31-2/h3-12H,13H2,1-2H3. The van der Waals surface area contributed by atoms with Crippen molar-refractivity contribution in [1.82, 2.24) is 24.1 Å². The number of methoxy groups -OCH3 is 1. The number of rotatable bonds is 4. The maximum absolute atomic E-state index is 13.6. The molecule has 0 aliphatic carbocycles. The lowest BCUT2D eigenvalue weighted by Gasteiger charge is -2.12. The van der Waals surface area contributed by atoms with Crippen LogP contribution in [0.5, 0.6) is 5.75 Å². The molecular formula is C23H18FN5O2. The molecule has 0 bridgehead atoms. The van der Waals surface area contributed by atoms with Crippen molar-refractivity contribution in [1.29, 1.82) is 0 Å². The number of aromatic nitrogens is 5. The Labute approximate surface area is 176 Å². The van der Waals surface area contributed by atoms with E-state index in [1.807, 2.05) is 24.3 Å². The highest BCUT2D eigenvalue weighted by atomic mass is 19.1. The number of fused-ring (bicyclic) bond motifs is 2. The van der Waals surface area contributed by atoms with Crippen molar-refractivity contribution in [3.63, 3.8) is 0 Å². The van der Waals surface area contributed by atoms with Crippen molar-refractivity contribution >= 4 is 16.7 Å². The summed E-state index contributed by atoms with van der Waals surface area (Å²) in [5.41, 5.74) is 2.29. The molecule has 7 nitrogen and oxygen atoms in total. The number of nitrogens with zero attached hydrogens (tertiary/aromatic N) is 5. The first-order chi connectivity index (χ1) is 15.0. The molecule has 0 fully saturated rings. The molecule has 5 rings (SSSR count). The van der Waals surface area contributed by atoms with Gasteiger partial charge in [0.05, 0.1) is 30.3 Å².